The molecule has 4 nitrogen and oxygen atoms in total. The van der Waals surface area contributed by atoms with E-state index in [9.17, 15) is 14.7 Å². The van der Waals surface area contributed by atoms with Crippen molar-refractivity contribution in [1.82, 2.24) is 0 Å². The molecule has 0 heterocycles. The summed E-state index contributed by atoms with van der Waals surface area (Å²) in [5.41, 5.74) is -0.587. The van der Waals surface area contributed by atoms with Crippen LogP contribution in [0.15, 0.2) is 0 Å². The Morgan fingerprint density at radius 2 is 1.52 bits per heavy atom. The monoisotopic (exact) mass is 296 g/mol. The average Bonchev–Trinajstić information content (AvgIpc) is 2.34. The van der Waals surface area contributed by atoms with Crippen molar-refractivity contribution in [2.45, 2.75) is 78.7 Å². The van der Waals surface area contributed by atoms with Crippen LogP contribution in [0.25, 0.3) is 0 Å². The lowest BCUT2D eigenvalue weighted by Gasteiger charge is -2.52. The molecule has 21 heavy (non-hydrogen) atoms. The number of aliphatic carboxylic acids is 1. The van der Waals surface area contributed by atoms with Gasteiger partial charge in [0.1, 0.15) is 5.60 Å². The summed E-state index contributed by atoms with van der Waals surface area (Å²) < 4.78 is 5.43. The van der Waals surface area contributed by atoms with Gasteiger partial charge < -0.3 is 9.84 Å². The van der Waals surface area contributed by atoms with Gasteiger partial charge in [-0.2, -0.15) is 0 Å². The van der Waals surface area contributed by atoms with Crippen molar-refractivity contribution in [2.24, 2.45) is 16.2 Å². The van der Waals surface area contributed by atoms with Crippen LogP contribution < -0.4 is 0 Å². The van der Waals surface area contributed by atoms with E-state index in [1.54, 1.807) is 0 Å². The van der Waals surface area contributed by atoms with Crippen LogP contribution in [0, 0.1) is 16.2 Å². The summed E-state index contributed by atoms with van der Waals surface area (Å²) in [7, 11) is 0. The van der Waals surface area contributed by atoms with Crippen LogP contribution in [0.4, 0.5) is 0 Å². The fourth-order valence-corrected chi connectivity index (χ4v) is 4.62. The summed E-state index contributed by atoms with van der Waals surface area (Å²) in [4.78, 5) is 23.5. The summed E-state index contributed by atoms with van der Waals surface area (Å²) in [6.07, 6.45) is 4.21. The average molecular weight is 296 g/mol. The maximum absolute atomic E-state index is 12.2. The van der Waals surface area contributed by atoms with Gasteiger partial charge in [0.05, 0.1) is 12.8 Å². The number of esters is 1. The van der Waals surface area contributed by atoms with Gasteiger partial charge in [-0.25, -0.2) is 0 Å². The van der Waals surface area contributed by atoms with E-state index in [2.05, 4.69) is 13.8 Å². The van der Waals surface area contributed by atoms with Crippen LogP contribution in [0.3, 0.4) is 0 Å². The SMILES string of the molecule is CC(C)(C)OC(=O)CC1(CC(=O)O)C[C@]2(C)CC[C@]2(C)C1. The van der Waals surface area contributed by atoms with Gasteiger partial charge in [-0.05, 0) is 62.7 Å². The van der Waals surface area contributed by atoms with Crippen molar-refractivity contribution < 1.29 is 19.4 Å². The maximum Gasteiger partial charge on any atom is 0.306 e. The molecule has 0 aliphatic heterocycles. The van der Waals surface area contributed by atoms with E-state index in [0.29, 0.717) is 0 Å². The lowest BCUT2D eigenvalue weighted by Crippen LogP contribution is -2.42. The Balaban J connectivity index is 2.16. The Kier molecular flexibility index (Phi) is 3.67. The molecule has 2 fully saturated rings. The topological polar surface area (TPSA) is 63.6 Å². The minimum atomic E-state index is -0.813. The van der Waals surface area contributed by atoms with Gasteiger partial charge in [-0.3, -0.25) is 9.59 Å². The van der Waals surface area contributed by atoms with E-state index < -0.39 is 17.0 Å². The van der Waals surface area contributed by atoms with Crippen molar-refractivity contribution in [3.63, 3.8) is 0 Å². The Bertz CT molecular complexity index is 444. The van der Waals surface area contributed by atoms with Crippen LogP contribution in [-0.4, -0.2) is 22.6 Å². The number of hydrogen-bond acceptors (Lipinski definition) is 3. The molecule has 0 radical (unpaired) electrons. The second-order valence-corrected chi connectivity index (χ2v) is 8.81. The third-order valence-electron chi connectivity index (χ3n) is 5.68. The van der Waals surface area contributed by atoms with Gasteiger partial charge in [-0.1, -0.05) is 13.8 Å². The van der Waals surface area contributed by atoms with Gasteiger partial charge in [0, 0.05) is 0 Å². The first-order valence-electron chi connectivity index (χ1n) is 7.83. The molecule has 3 atom stereocenters. The molecule has 2 aliphatic carbocycles. The van der Waals surface area contributed by atoms with Crippen LogP contribution in [0.2, 0.25) is 0 Å². The van der Waals surface area contributed by atoms with E-state index in [1.807, 2.05) is 20.8 Å². The molecule has 0 aromatic carbocycles. The zero-order valence-electron chi connectivity index (χ0n) is 13.9. The number of hydrogen-bond donors (Lipinski definition) is 1. The highest BCUT2D eigenvalue weighted by Gasteiger charge is 2.64. The molecule has 0 saturated heterocycles. The fourth-order valence-electron chi connectivity index (χ4n) is 4.62. The van der Waals surface area contributed by atoms with Gasteiger partial charge in [0.25, 0.3) is 0 Å². The first-order valence-corrected chi connectivity index (χ1v) is 7.83. The van der Waals surface area contributed by atoms with Crippen molar-refractivity contribution in [3.05, 3.63) is 0 Å². The summed E-state index contributed by atoms with van der Waals surface area (Å²) in [6, 6.07) is 0. The summed E-state index contributed by atoms with van der Waals surface area (Å²) in [6.45, 7) is 10.0. The third-order valence-corrected chi connectivity index (χ3v) is 5.68. The Morgan fingerprint density at radius 1 is 1.05 bits per heavy atom. The van der Waals surface area contributed by atoms with Gasteiger partial charge in [-0.15, -0.1) is 0 Å². The van der Waals surface area contributed by atoms with Gasteiger partial charge >= 0.3 is 11.9 Å². The summed E-state index contributed by atoms with van der Waals surface area (Å²) in [5.74, 6) is -1.08. The normalized spacial score (nSPS) is 38.5. The Morgan fingerprint density at radius 3 is 1.86 bits per heavy atom. The van der Waals surface area contributed by atoms with E-state index >= 15 is 0 Å². The summed E-state index contributed by atoms with van der Waals surface area (Å²) >= 11 is 0. The zero-order valence-corrected chi connectivity index (χ0v) is 13.9. The van der Waals surface area contributed by atoms with Crippen LogP contribution >= 0.6 is 0 Å². The molecule has 0 bridgehead atoms. The highest BCUT2D eigenvalue weighted by atomic mass is 16.6. The number of carboxylic acid groups (broad SMARTS) is 1. The van der Waals surface area contributed by atoms with Crippen molar-refractivity contribution in [2.75, 3.05) is 0 Å². The quantitative estimate of drug-likeness (QED) is 0.802. The lowest BCUT2D eigenvalue weighted by atomic mass is 9.53. The van der Waals surface area contributed by atoms with E-state index in [1.165, 1.54) is 0 Å². The molecule has 120 valence electrons. The number of carbonyl (C=O) groups is 2. The molecule has 2 aliphatic rings. The van der Waals surface area contributed by atoms with Crippen LogP contribution in [-0.2, 0) is 14.3 Å². The number of ether oxygens (including phenoxy) is 1. The number of rotatable bonds is 4. The molecule has 2 rings (SSSR count). The van der Waals surface area contributed by atoms with Crippen LogP contribution in [0.5, 0.6) is 0 Å². The minimum Gasteiger partial charge on any atom is -0.481 e. The highest BCUT2D eigenvalue weighted by molar-refractivity contribution is 5.74. The van der Waals surface area contributed by atoms with Crippen molar-refractivity contribution >= 4 is 11.9 Å². The number of carbonyl (C=O) groups excluding carboxylic acids is 1. The first-order chi connectivity index (χ1) is 9.39. The molecule has 4 heteroatoms. The third kappa shape index (κ3) is 3.09. The standard InChI is InChI=1S/C17H28O4/c1-14(2,3)21-13(20)9-17(8-12(18)19)10-15(4)6-7-16(15,5)11-17/h6-11H2,1-5H3,(H,18,19)/t15-,16+,17?. The molecular formula is C17H28O4. The number of carboxylic acids is 1. The van der Waals surface area contributed by atoms with Crippen molar-refractivity contribution in [1.29, 1.82) is 0 Å². The van der Waals surface area contributed by atoms with E-state index in [4.69, 9.17) is 4.74 Å². The molecule has 0 amide bonds. The van der Waals surface area contributed by atoms with Crippen LogP contribution in [0.1, 0.15) is 73.1 Å². The van der Waals surface area contributed by atoms with Gasteiger partial charge in [0.15, 0.2) is 0 Å². The zero-order chi connectivity index (χ0) is 16.1. The molecular weight excluding hydrogens is 268 g/mol. The van der Waals surface area contributed by atoms with E-state index in [-0.39, 0.29) is 29.6 Å². The molecule has 0 spiro atoms. The van der Waals surface area contributed by atoms with Crippen molar-refractivity contribution in [3.8, 4) is 0 Å². The second kappa shape index (κ2) is 4.72. The largest absolute Gasteiger partial charge is 0.481 e. The molecule has 1 N–H and O–H groups in total. The number of fused-ring (bicyclic) bond motifs is 1. The lowest BCUT2D eigenvalue weighted by molar-refractivity contribution is -0.158. The minimum absolute atomic E-state index is 0.0669. The fraction of sp³-hybridized carbons (Fsp3) is 0.882. The Hall–Kier alpha value is -1.06. The smallest absolute Gasteiger partial charge is 0.306 e. The molecule has 2 saturated carbocycles. The predicted molar refractivity (Wildman–Crippen MR) is 79.8 cm³/mol. The highest BCUT2D eigenvalue weighted by Crippen LogP contribution is 2.72. The predicted octanol–water partition coefficient (Wildman–Crippen LogP) is 3.78. The maximum atomic E-state index is 12.2. The first kappa shape index (κ1) is 16.3. The molecule has 1 unspecified atom stereocenters. The summed E-state index contributed by atoms with van der Waals surface area (Å²) in [5, 5.41) is 9.29. The van der Waals surface area contributed by atoms with Gasteiger partial charge in [0.2, 0.25) is 0 Å². The second-order valence-electron chi connectivity index (χ2n) is 8.81. The Labute approximate surface area is 127 Å². The van der Waals surface area contributed by atoms with E-state index in [0.717, 1.165) is 25.7 Å². The molecule has 0 aromatic heterocycles. The molecule has 0 aromatic rings.